The normalized spacial score (nSPS) is 11.8. The average Bonchev–Trinajstić information content (AvgIpc) is 2.61. The lowest BCUT2D eigenvalue weighted by molar-refractivity contribution is -0.385. The Morgan fingerprint density at radius 1 is 1.22 bits per heavy atom. The highest BCUT2D eigenvalue weighted by molar-refractivity contribution is 7.91. The molecule has 1 aromatic carbocycles. The number of halogens is 3. The van der Waals surface area contributed by atoms with Crippen LogP contribution in [0, 0.1) is 10.1 Å². The number of sulfone groups is 1. The number of hydrogen-bond donors (Lipinski definition) is 0. The topological polar surface area (TPSA) is 116 Å². The molecule has 0 aliphatic heterocycles. The van der Waals surface area contributed by atoms with Crippen molar-refractivity contribution in [2.24, 2.45) is 0 Å². The Balaban J connectivity index is 2.00. The standard InChI is InChI=1S/C15H11F3N2O6S/c16-15(17,18)11-3-1-2-10(8-11)14(21)26-6-7-27(24,25)13-5-4-12(9-19-13)20(22)23/h1-5,8-9H,6-7H2. The third-order valence-corrected chi connectivity index (χ3v) is 4.84. The summed E-state index contributed by atoms with van der Waals surface area (Å²) < 4.78 is 66.7. The molecule has 0 fully saturated rings. The summed E-state index contributed by atoms with van der Waals surface area (Å²) >= 11 is 0. The molecule has 2 aromatic rings. The summed E-state index contributed by atoms with van der Waals surface area (Å²) in [6, 6.07) is 5.38. The van der Waals surface area contributed by atoms with Crippen LogP contribution in [0.4, 0.5) is 18.9 Å². The SMILES string of the molecule is O=C(OCCS(=O)(=O)c1ccc([N+](=O)[O-])cn1)c1cccc(C(F)(F)F)c1. The quantitative estimate of drug-likeness (QED) is 0.413. The number of hydrogen-bond acceptors (Lipinski definition) is 7. The van der Waals surface area contributed by atoms with E-state index in [1.807, 2.05) is 0 Å². The van der Waals surface area contributed by atoms with Gasteiger partial charge in [0, 0.05) is 6.07 Å². The first-order chi connectivity index (χ1) is 12.5. The number of alkyl halides is 3. The number of pyridine rings is 1. The molecular formula is C15H11F3N2O6S. The van der Waals surface area contributed by atoms with Gasteiger partial charge in [0.05, 0.1) is 21.8 Å². The van der Waals surface area contributed by atoms with Crippen molar-refractivity contribution in [3.63, 3.8) is 0 Å². The second kappa shape index (κ2) is 7.70. The Hall–Kier alpha value is -3.02. The van der Waals surface area contributed by atoms with Gasteiger partial charge in [0.2, 0.25) is 0 Å². The molecule has 12 heteroatoms. The lowest BCUT2D eigenvalue weighted by Gasteiger charge is -2.09. The van der Waals surface area contributed by atoms with Crippen LogP contribution >= 0.6 is 0 Å². The van der Waals surface area contributed by atoms with Crippen LogP contribution < -0.4 is 0 Å². The predicted molar refractivity (Wildman–Crippen MR) is 84.7 cm³/mol. The fraction of sp³-hybridized carbons (Fsp3) is 0.200. The molecule has 0 radical (unpaired) electrons. The lowest BCUT2D eigenvalue weighted by Crippen LogP contribution is -2.17. The van der Waals surface area contributed by atoms with Crippen LogP contribution in [0.25, 0.3) is 0 Å². The highest BCUT2D eigenvalue weighted by Crippen LogP contribution is 2.29. The van der Waals surface area contributed by atoms with Crippen LogP contribution in [0.5, 0.6) is 0 Å². The molecule has 1 heterocycles. The minimum Gasteiger partial charge on any atom is -0.461 e. The van der Waals surface area contributed by atoms with Crippen molar-refractivity contribution in [3.8, 4) is 0 Å². The summed E-state index contributed by atoms with van der Waals surface area (Å²) in [5.74, 6) is -1.81. The fourth-order valence-electron chi connectivity index (χ4n) is 1.92. The summed E-state index contributed by atoms with van der Waals surface area (Å²) in [6.07, 6.45) is -3.87. The van der Waals surface area contributed by atoms with Crippen LogP contribution in [-0.2, 0) is 20.8 Å². The maximum atomic E-state index is 12.6. The molecular weight excluding hydrogens is 393 g/mol. The summed E-state index contributed by atoms with van der Waals surface area (Å²) in [5.41, 5.74) is -1.82. The number of benzene rings is 1. The Morgan fingerprint density at radius 2 is 1.93 bits per heavy atom. The molecule has 0 unspecified atom stereocenters. The molecule has 1 aromatic heterocycles. The summed E-state index contributed by atoms with van der Waals surface area (Å²) in [4.78, 5) is 25.0. The molecule has 8 nitrogen and oxygen atoms in total. The number of carbonyl (C=O) groups is 1. The smallest absolute Gasteiger partial charge is 0.416 e. The number of rotatable bonds is 6. The third kappa shape index (κ3) is 5.23. The van der Waals surface area contributed by atoms with Crippen LogP contribution in [0.15, 0.2) is 47.6 Å². The predicted octanol–water partition coefficient (Wildman–Crippen LogP) is 2.64. The van der Waals surface area contributed by atoms with Crippen molar-refractivity contribution in [1.82, 2.24) is 4.98 Å². The van der Waals surface area contributed by atoms with Crippen molar-refractivity contribution in [3.05, 3.63) is 63.8 Å². The van der Waals surface area contributed by atoms with Crippen LogP contribution in [0.1, 0.15) is 15.9 Å². The molecule has 0 N–H and O–H groups in total. The zero-order chi connectivity index (χ0) is 20.2. The first kappa shape index (κ1) is 20.3. The summed E-state index contributed by atoms with van der Waals surface area (Å²) in [7, 11) is -4.00. The fourth-order valence-corrected chi connectivity index (χ4v) is 2.92. The minimum atomic E-state index is -4.64. The van der Waals surface area contributed by atoms with E-state index in [-0.39, 0.29) is 5.56 Å². The van der Waals surface area contributed by atoms with E-state index in [0.717, 1.165) is 36.5 Å². The van der Waals surface area contributed by atoms with Gasteiger partial charge in [0.15, 0.2) is 14.9 Å². The summed E-state index contributed by atoms with van der Waals surface area (Å²) in [6.45, 7) is -0.629. The second-order valence-corrected chi connectivity index (χ2v) is 7.20. The molecule has 27 heavy (non-hydrogen) atoms. The molecule has 0 bridgehead atoms. The third-order valence-electron chi connectivity index (χ3n) is 3.26. The molecule has 144 valence electrons. The number of carbonyl (C=O) groups excluding carboxylic acids is 1. The van der Waals surface area contributed by atoms with Gasteiger partial charge in [-0.05, 0) is 24.3 Å². The van der Waals surface area contributed by atoms with E-state index in [1.165, 1.54) is 0 Å². The molecule has 0 amide bonds. The molecule has 0 atom stereocenters. The van der Waals surface area contributed by atoms with Crippen molar-refractivity contribution < 1.29 is 36.0 Å². The second-order valence-electron chi connectivity index (χ2n) is 5.15. The number of esters is 1. The van der Waals surface area contributed by atoms with E-state index >= 15 is 0 Å². The first-order valence-corrected chi connectivity index (χ1v) is 8.83. The van der Waals surface area contributed by atoms with E-state index in [1.54, 1.807) is 0 Å². The zero-order valence-electron chi connectivity index (χ0n) is 13.3. The Morgan fingerprint density at radius 3 is 2.48 bits per heavy atom. The molecule has 0 spiro atoms. The minimum absolute atomic E-state index is 0.379. The van der Waals surface area contributed by atoms with E-state index in [0.29, 0.717) is 6.07 Å². The molecule has 0 saturated heterocycles. The Bertz CT molecular complexity index is 958. The van der Waals surface area contributed by atoms with E-state index in [9.17, 15) is 36.5 Å². The molecule has 0 saturated carbocycles. The number of nitrogens with zero attached hydrogens (tertiary/aromatic N) is 2. The number of aromatic nitrogens is 1. The maximum absolute atomic E-state index is 12.6. The van der Waals surface area contributed by atoms with Crippen molar-refractivity contribution in [1.29, 1.82) is 0 Å². The number of nitro groups is 1. The van der Waals surface area contributed by atoms with Gasteiger partial charge in [-0.15, -0.1) is 0 Å². The van der Waals surface area contributed by atoms with Crippen LogP contribution in [0.3, 0.4) is 0 Å². The van der Waals surface area contributed by atoms with Crippen LogP contribution in [-0.4, -0.2) is 36.7 Å². The van der Waals surface area contributed by atoms with Gasteiger partial charge in [-0.25, -0.2) is 18.2 Å². The van der Waals surface area contributed by atoms with Gasteiger partial charge < -0.3 is 4.74 Å². The van der Waals surface area contributed by atoms with Crippen LogP contribution in [0.2, 0.25) is 0 Å². The zero-order valence-corrected chi connectivity index (χ0v) is 14.2. The van der Waals surface area contributed by atoms with Gasteiger partial charge in [0.25, 0.3) is 5.69 Å². The average molecular weight is 404 g/mol. The van der Waals surface area contributed by atoms with Crippen molar-refractivity contribution in [2.75, 3.05) is 12.4 Å². The molecule has 0 aliphatic rings. The first-order valence-electron chi connectivity index (χ1n) is 7.18. The largest absolute Gasteiger partial charge is 0.461 e. The Labute approximate surface area is 150 Å². The molecule has 0 aliphatic carbocycles. The van der Waals surface area contributed by atoms with Gasteiger partial charge in [-0.2, -0.15) is 13.2 Å². The van der Waals surface area contributed by atoms with Gasteiger partial charge >= 0.3 is 12.1 Å². The summed E-state index contributed by atoms with van der Waals surface area (Å²) in [5, 5.41) is 10.1. The highest BCUT2D eigenvalue weighted by atomic mass is 32.2. The van der Waals surface area contributed by atoms with E-state index in [4.69, 9.17) is 4.74 Å². The van der Waals surface area contributed by atoms with Crippen molar-refractivity contribution in [2.45, 2.75) is 11.2 Å². The highest BCUT2D eigenvalue weighted by Gasteiger charge is 2.31. The van der Waals surface area contributed by atoms with Gasteiger partial charge in [0.1, 0.15) is 12.8 Å². The van der Waals surface area contributed by atoms with Crippen molar-refractivity contribution >= 4 is 21.5 Å². The van der Waals surface area contributed by atoms with E-state index in [2.05, 4.69) is 4.98 Å². The van der Waals surface area contributed by atoms with Gasteiger partial charge in [-0.1, -0.05) is 6.07 Å². The number of ether oxygens (including phenoxy) is 1. The maximum Gasteiger partial charge on any atom is 0.416 e. The van der Waals surface area contributed by atoms with Gasteiger partial charge in [-0.3, -0.25) is 10.1 Å². The monoisotopic (exact) mass is 404 g/mol. The Kier molecular flexibility index (Phi) is 5.78. The van der Waals surface area contributed by atoms with E-state index < -0.39 is 55.5 Å². The lowest BCUT2D eigenvalue weighted by atomic mass is 10.1. The molecule has 2 rings (SSSR count).